The third-order valence-corrected chi connectivity index (χ3v) is 4.72. The summed E-state index contributed by atoms with van der Waals surface area (Å²) in [5, 5.41) is 15.0. The number of carboxylic acid groups (broad SMARTS) is 1. The number of rotatable bonds is 6. The highest BCUT2D eigenvalue weighted by Gasteiger charge is 2.30. The lowest BCUT2D eigenvalue weighted by Gasteiger charge is -2.30. The van der Waals surface area contributed by atoms with Crippen molar-refractivity contribution in [2.24, 2.45) is 5.92 Å². The minimum Gasteiger partial charge on any atom is -0.480 e. The SMILES string of the molecule is CC(C)(C)OC(=O)N[C@H]1CC[C@H](C(=O)NC(Cc2ccccc2)C(=O)O)CC1. The van der Waals surface area contributed by atoms with E-state index >= 15 is 0 Å². The van der Waals surface area contributed by atoms with Gasteiger partial charge in [-0.2, -0.15) is 0 Å². The molecule has 154 valence electrons. The van der Waals surface area contributed by atoms with E-state index in [0.29, 0.717) is 25.7 Å². The quantitative estimate of drug-likeness (QED) is 0.693. The Balaban J connectivity index is 1.81. The van der Waals surface area contributed by atoms with Crippen LogP contribution in [0.15, 0.2) is 30.3 Å². The van der Waals surface area contributed by atoms with Crippen LogP contribution in [0.25, 0.3) is 0 Å². The zero-order valence-electron chi connectivity index (χ0n) is 16.7. The predicted molar refractivity (Wildman–Crippen MR) is 105 cm³/mol. The Labute approximate surface area is 165 Å². The van der Waals surface area contributed by atoms with Gasteiger partial charge in [0.25, 0.3) is 0 Å². The van der Waals surface area contributed by atoms with Gasteiger partial charge in [0.15, 0.2) is 0 Å². The van der Waals surface area contributed by atoms with E-state index in [1.165, 1.54) is 0 Å². The topological polar surface area (TPSA) is 105 Å². The Hall–Kier alpha value is -2.57. The molecule has 0 bridgehead atoms. The molecule has 1 unspecified atom stereocenters. The number of carbonyl (C=O) groups is 3. The molecule has 28 heavy (non-hydrogen) atoms. The zero-order valence-corrected chi connectivity index (χ0v) is 16.7. The van der Waals surface area contributed by atoms with Crippen LogP contribution in [0.1, 0.15) is 52.0 Å². The molecule has 0 aliphatic heterocycles. The highest BCUT2D eigenvalue weighted by atomic mass is 16.6. The first-order chi connectivity index (χ1) is 13.1. The average molecular weight is 390 g/mol. The lowest BCUT2D eigenvalue weighted by Crippen LogP contribution is -2.47. The van der Waals surface area contributed by atoms with Crippen molar-refractivity contribution in [3.63, 3.8) is 0 Å². The van der Waals surface area contributed by atoms with E-state index in [2.05, 4.69) is 10.6 Å². The van der Waals surface area contributed by atoms with Crippen LogP contribution in [0.3, 0.4) is 0 Å². The minimum absolute atomic E-state index is 0.0292. The number of ether oxygens (including phenoxy) is 1. The van der Waals surface area contributed by atoms with Crippen molar-refractivity contribution in [1.82, 2.24) is 10.6 Å². The van der Waals surface area contributed by atoms with E-state index in [-0.39, 0.29) is 24.3 Å². The standard InChI is InChI=1S/C21H30N2O5/c1-21(2,3)28-20(27)22-16-11-9-15(10-12-16)18(24)23-17(19(25)26)13-14-7-5-4-6-8-14/h4-8,15-17H,9-13H2,1-3H3,(H,22,27)(H,23,24)(H,25,26)/t15-,16-,17?. The Kier molecular flexibility index (Phi) is 7.43. The number of nitrogens with one attached hydrogen (secondary N) is 2. The molecule has 1 aromatic rings. The first kappa shape index (κ1) is 21.7. The maximum Gasteiger partial charge on any atom is 0.407 e. The second-order valence-electron chi connectivity index (χ2n) is 8.28. The Morgan fingerprint density at radius 1 is 1.11 bits per heavy atom. The number of hydrogen-bond donors (Lipinski definition) is 3. The van der Waals surface area contributed by atoms with Crippen molar-refractivity contribution < 1.29 is 24.2 Å². The van der Waals surface area contributed by atoms with Gasteiger partial charge in [0.2, 0.25) is 5.91 Å². The zero-order chi connectivity index (χ0) is 20.7. The van der Waals surface area contributed by atoms with Gasteiger partial charge in [0, 0.05) is 18.4 Å². The maximum absolute atomic E-state index is 12.5. The van der Waals surface area contributed by atoms with Gasteiger partial charge in [-0.05, 0) is 52.0 Å². The predicted octanol–water partition coefficient (Wildman–Crippen LogP) is 2.88. The first-order valence-corrected chi connectivity index (χ1v) is 9.70. The van der Waals surface area contributed by atoms with Crippen LogP contribution < -0.4 is 10.6 Å². The second-order valence-corrected chi connectivity index (χ2v) is 8.28. The lowest BCUT2D eigenvalue weighted by atomic mass is 9.85. The summed E-state index contributed by atoms with van der Waals surface area (Å²) in [5.41, 5.74) is 0.312. The molecule has 7 heteroatoms. The van der Waals surface area contributed by atoms with Crippen LogP contribution in [0.2, 0.25) is 0 Å². The molecule has 7 nitrogen and oxygen atoms in total. The molecular formula is C21H30N2O5. The van der Waals surface area contributed by atoms with Gasteiger partial charge >= 0.3 is 12.1 Å². The van der Waals surface area contributed by atoms with Gasteiger partial charge in [-0.15, -0.1) is 0 Å². The third-order valence-electron chi connectivity index (χ3n) is 4.72. The Morgan fingerprint density at radius 2 is 1.71 bits per heavy atom. The monoisotopic (exact) mass is 390 g/mol. The van der Waals surface area contributed by atoms with E-state index in [1.807, 2.05) is 51.1 Å². The average Bonchev–Trinajstić information content (AvgIpc) is 2.60. The number of alkyl carbamates (subject to hydrolysis) is 1. The molecule has 0 aromatic heterocycles. The van der Waals surface area contributed by atoms with Gasteiger partial charge < -0.3 is 20.5 Å². The fourth-order valence-corrected chi connectivity index (χ4v) is 3.31. The van der Waals surface area contributed by atoms with Crippen LogP contribution in [0.4, 0.5) is 4.79 Å². The smallest absolute Gasteiger partial charge is 0.407 e. The molecule has 0 saturated heterocycles. The highest BCUT2D eigenvalue weighted by Crippen LogP contribution is 2.25. The van der Waals surface area contributed by atoms with E-state index in [9.17, 15) is 19.5 Å². The largest absolute Gasteiger partial charge is 0.480 e. The number of benzene rings is 1. The first-order valence-electron chi connectivity index (χ1n) is 9.70. The molecule has 0 spiro atoms. The molecule has 3 N–H and O–H groups in total. The summed E-state index contributed by atoms with van der Waals surface area (Å²) in [5.74, 6) is -1.52. The van der Waals surface area contributed by atoms with Crippen molar-refractivity contribution in [3.8, 4) is 0 Å². The van der Waals surface area contributed by atoms with Crippen LogP contribution in [-0.4, -0.2) is 40.8 Å². The number of hydrogen-bond acceptors (Lipinski definition) is 4. The highest BCUT2D eigenvalue weighted by molar-refractivity contribution is 5.85. The number of carboxylic acids is 1. The molecular weight excluding hydrogens is 360 g/mol. The maximum atomic E-state index is 12.5. The normalized spacial score (nSPS) is 20.7. The van der Waals surface area contributed by atoms with Gasteiger partial charge in [0.05, 0.1) is 0 Å². The summed E-state index contributed by atoms with van der Waals surface area (Å²) in [7, 11) is 0. The molecule has 1 atom stereocenters. The van der Waals surface area contributed by atoms with Crippen molar-refractivity contribution in [3.05, 3.63) is 35.9 Å². The summed E-state index contributed by atoms with van der Waals surface area (Å²) in [6.45, 7) is 5.42. The third kappa shape index (κ3) is 7.21. The molecule has 1 saturated carbocycles. The van der Waals surface area contributed by atoms with Crippen molar-refractivity contribution in [2.45, 2.75) is 70.6 Å². The molecule has 0 heterocycles. The number of amides is 2. The van der Waals surface area contributed by atoms with Crippen molar-refractivity contribution in [2.75, 3.05) is 0 Å². The summed E-state index contributed by atoms with van der Waals surface area (Å²) in [4.78, 5) is 35.9. The summed E-state index contributed by atoms with van der Waals surface area (Å²) >= 11 is 0. The minimum atomic E-state index is -1.04. The van der Waals surface area contributed by atoms with Crippen LogP contribution in [0, 0.1) is 5.92 Å². The second kappa shape index (κ2) is 9.57. The van der Waals surface area contributed by atoms with Crippen LogP contribution >= 0.6 is 0 Å². The molecule has 1 fully saturated rings. The Morgan fingerprint density at radius 3 is 2.25 bits per heavy atom. The molecule has 1 aliphatic rings. The van der Waals surface area contributed by atoms with E-state index in [0.717, 1.165) is 5.56 Å². The number of aliphatic carboxylic acids is 1. The molecule has 0 radical (unpaired) electrons. The van der Waals surface area contributed by atoms with Crippen LogP contribution in [0.5, 0.6) is 0 Å². The summed E-state index contributed by atoms with van der Waals surface area (Å²) < 4.78 is 5.26. The van der Waals surface area contributed by atoms with Crippen molar-refractivity contribution >= 4 is 18.0 Å². The number of carbonyl (C=O) groups excluding carboxylic acids is 2. The fourth-order valence-electron chi connectivity index (χ4n) is 3.31. The molecule has 2 amide bonds. The van der Waals surface area contributed by atoms with E-state index < -0.39 is 23.7 Å². The molecule has 1 aliphatic carbocycles. The molecule has 1 aromatic carbocycles. The van der Waals surface area contributed by atoms with Gasteiger partial charge in [0.1, 0.15) is 11.6 Å². The summed E-state index contributed by atoms with van der Waals surface area (Å²) in [6.07, 6.45) is 2.32. The van der Waals surface area contributed by atoms with Crippen LogP contribution in [-0.2, 0) is 20.7 Å². The van der Waals surface area contributed by atoms with E-state index in [4.69, 9.17) is 4.74 Å². The lowest BCUT2D eigenvalue weighted by molar-refractivity contribution is -0.142. The van der Waals surface area contributed by atoms with Gasteiger partial charge in [-0.3, -0.25) is 4.79 Å². The fraction of sp³-hybridized carbons (Fsp3) is 0.571. The summed E-state index contributed by atoms with van der Waals surface area (Å²) in [6, 6.07) is 8.25. The van der Waals surface area contributed by atoms with Gasteiger partial charge in [-0.25, -0.2) is 9.59 Å². The van der Waals surface area contributed by atoms with Gasteiger partial charge in [-0.1, -0.05) is 30.3 Å². The Bertz CT molecular complexity index is 676. The molecule has 2 rings (SSSR count). The van der Waals surface area contributed by atoms with Crippen molar-refractivity contribution in [1.29, 1.82) is 0 Å². The van der Waals surface area contributed by atoms with E-state index in [1.54, 1.807) is 0 Å².